The highest BCUT2D eigenvalue weighted by molar-refractivity contribution is 6.35. The molecule has 0 aromatic carbocycles. The molecule has 0 unspecified atom stereocenters. The number of carbonyl (C=O) groups excluding carboxylic acids is 2. The lowest BCUT2D eigenvalue weighted by Crippen LogP contribution is -2.46. The largest absolute Gasteiger partial charge is 0.379 e. The minimum atomic E-state index is -0.530. The second-order valence-corrected chi connectivity index (χ2v) is 6.13. The van der Waals surface area contributed by atoms with Gasteiger partial charge in [-0.2, -0.15) is 0 Å². The van der Waals surface area contributed by atoms with Gasteiger partial charge in [0, 0.05) is 19.2 Å². The highest BCUT2D eigenvalue weighted by atomic mass is 16.5. The topological polar surface area (TPSA) is 67.4 Å². The van der Waals surface area contributed by atoms with Crippen LogP contribution in [0.3, 0.4) is 0 Å². The Hall–Kier alpha value is -1.10. The van der Waals surface area contributed by atoms with E-state index in [-0.39, 0.29) is 12.1 Å². The van der Waals surface area contributed by atoms with Gasteiger partial charge < -0.3 is 15.4 Å². The van der Waals surface area contributed by atoms with Gasteiger partial charge in [0.15, 0.2) is 0 Å². The molecule has 1 aliphatic rings. The van der Waals surface area contributed by atoms with Crippen LogP contribution in [0.4, 0.5) is 0 Å². The highest BCUT2D eigenvalue weighted by Gasteiger charge is 2.23. The van der Waals surface area contributed by atoms with Crippen LogP contribution in [0, 0.1) is 5.92 Å². The fourth-order valence-electron chi connectivity index (χ4n) is 2.64. The van der Waals surface area contributed by atoms with Crippen molar-refractivity contribution in [3.8, 4) is 0 Å². The standard InChI is InChI=1S/C16H30N2O3/c1-4-13-6-8-14(9-7-13)18-16(20)15(19)17-10-5-11-21-12(2)3/h12-14H,4-11H2,1-3H3,(H,17,19)(H,18,20). The maximum atomic E-state index is 11.8. The van der Waals surface area contributed by atoms with Gasteiger partial charge in [-0.05, 0) is 51.9 Å². The Labute approximate surface area is 128 Å². The Bertz CT molecular complexity index is 323. The minimum Gasteiger partial charge on any atom is -0.379 e. The highest BCUT2D eigenvalue weighted by Crippen LogP contribution is 2.26. The van der Waals surface area contributed by atoms with Crippen LogP contribution in [-0.4, -0.2) is 37.1 Å². The lowest BCUT2D eigenvalue weighted by atomic mass is 9.84. The summed E-state index contributed by atoms with van der Waals surface area (Å²) < 4.78 is 5.37. The SMILES string of the molecule is CCC1CCC(NC(=O)C(=O)NCCCOC(C)C)CC1. The summed E-state index contributed by atoms with van der Waals surface area (Å²) in [5, 5.41) is 5.47. The van der Waals surface area contributed by atoms with E-state index in [4.69, 9.17) is 4.74 Å². The molecular weight excluding hydrogens is 268 g/mol. The van der Waals surface area contributed by atoms with E-state index < -0.39 is 11.8 Å². The molecule has 1 rings (SSSR count). The number of amides is 2. The molecule has 0 heterocycles. The molecule has 122 valence electrons. The number of nitrogens with one attached hydrogen (secondary N) is 2. The molecule has 1 fully saturated rings. The van der Waals surface area contributed by atoms with Crippen molar-refractivity contribution in [3.05, 3.63) is 0 Å². The normalized spacial score (nSPS) is 22.1. The van der Waals surface area contributed by atoms with Crippen molar-refractivity contribution in [1.82, 2.24) is 10.6 Å². The Morgan fingerprint density at radius 1 is 1.14 bits per heavy atom. The minimum absolute atomic E-state index is 0.162. The summed E-state index contributed by atoms with van der Waals surface area (Å²) in [5.41, 5.74) is 0. The Kier molecular flexibility index (Phi) is 8.35. The summed E-state index contributed by atoms with van der Waals surface area (Å²) in [5.74, 6) is -0.246. The average molecular weight is 298 g/mol. The third kappa shape index (κ3) is 7.46. The molecule has 0 aromatic heterocycles. The number of hydrogen-bond acceptors (Lipinski definition) is 3. The lowest BCUT2D eigenvalue weighted by molar-refractivity contribution is -0.139. The molecule has 0 saturated heterocycles. The average Bonchev–Trinajstić information content (AvgIpc) is 2.47. The van der Waals surface area contributed by atoms with Gasteiger partial charge in [-0.3, -0.25) is 9.59 Å². The molecule has 0 aliphatic heterocycles. The van der Waals surface area contributed by atoms with Gasteiger partial charge in [0.25, 0.3) is 0 Å². The smallest absolute Gasteiger partial charge is 0.309 e. The molecule has 1 aliphatic carbocycles. The van der Waals surface area contributed by atoms with Crippen LogP contribution in [0.5, 0.6) is 0 Å². The summed E-state index contributed by atoms with van der Waals surface area (Å²) in [6.45, 7) is 7.22. The van der Waals surface area contributed by atoms with Crippen molar-refractivity contribution in [2.75, 3.05) is 13.2 Å². The first-order valence-corrected chi connectivity index (χ1v) is 8.23. The van der Waals surface area contributed by atoms with Crippen molar-refractivity contribution in [2.45, 2.75) is 71.4 Å². The van der Waals surface area contributed by atoms with E-state index in [0.29, 0.717) is 13.2 Å². The second kappa shape index (κ2) is 9.77. The van der Waals surface area contributed by atoms with Crippen LogP contribution in [0.1, 0.15) is 59.3 Å². The zero-order valence-corrected chi connectivity index (χ0v) is 13.6. The van der Waals surface area contributed by atoms with Crippen LogP contribution in [0.25, 0.3) is 0 Å². The van der Waals surface area contributed by atoms with Crippen LogP contribution >= 0.6 is 0 Å². The summed E-state index contributed by atoms with van der Waals surface area (Å²) >= 11 is 0. The summed E-state index contributed by atoms with van der Waals surface area (Å²) in [6, 6.07) is 0.162. The van der Waals surface area contributed by atoms with E-state index in [0.717, 1.165) is 38.0 Å². The predicted octanol–water partition coefficient (Wildman–Crippen LogP) is 2.00. The molecule has 0 radical (unpaired) electrons. The van der Waals surface area contributed by atoms with E-state index in [1.54, 1.807) is 0 Å². The van der Waals surface area contributed by atoms with Crippen LogP contribution in [0.2, 0.25) is 0 Å². The van der Waals surface area contributed by atoms with Crippen LogP contribution in [0.15, 0.2) is 0 Å². The molecule has 2 N–H and O–H groups in total. The molecule has 0 bridgehead atoms. The van der Waals surface area contributed by atoms with Gasteiger partial charge >= 0.3 is 11.8 Å². The number of rotatable bonds is 7. The summed E-state index contributed by atoms with van der Waals surface area (Å²) in [7, 11) is 0. The predicted molar refractivity (Wildman–Crippen MR) is 82.9 cm³/mol. The van der Waals surface area contributed by atoms with Crippen molar-refractivity contribution in [1.29, 1.82) is 0 Å². The molecule has 2 amide bonds. The lowest BCUT2D eigenvalue weighted by Gasteiger charge is -2.28. The third-order valence-electron chi connectivity index (χ3n) is 4.02. The van der Waals surface area contributed by atoms with E-state index >= 15 is 0 Å². The van der Waals surface area contributed by atoms with Gasteiger partial charge in [0.05, 0.1) is 6.10 Å². The first-order chi connectivity index (χ1) is 10.0. The number of ether oxygens (including phenoxy) is 1. The van der Waals surface area contributed by atoms with Crippen LogP contribution < -0.4 is 10.6 Å². The van der Waals surface area contributed by atoms with Crippen molar-refractivity contribution >= 4 is 11.8 Å². The molecule has 1 saturated carbocycles. The van der Waals surface area contributed by atoms with E-state index in [1.165, 1.54) is 6.42 Å². The van der Waals surface area contributed by atoms with Crippen molar-refractivity contribution in [3.63, 3.8) is 0 Å². The van der Waals surface area contributed by atoms with Crippen molar-refractivity contribution < 1.29 is 14.3 Å². The summed E-state index contributed by atoms with van der Waals surface area (Å²) in [6.07, 6.45) is 6.39. The van der Waals surface area contributed by atoms with Gasteiger partial charge in [-0.25, -0.2) is 0 Å². The summed E-state index contributed by atoms with van der Waals surface area (Å²) in [4.78, 5) is 23.5. The first kappa shape index (κ1) is 18.0. The van der Waals surface area contributed by atoms with Gasteiger partial charge in [-0.1, -0.05) is 13.3 Å². The third-order valence-corrected chi connectivity index (χ3v) is 4.02. The fourth-order valence-corrected chi connectivity index (χ4v) is 2.64. The first-order valence-electron chi connectivity index (χ1n) is 8.23. The van der Waals surface area contributed by atoms with E-state index in [2.05, 4.69) is 17.6 Å². The molecule has 21 heavy (non-hydrogen) atoms. The van der Waals surface area contributed by atoms with E-state index in [9.17, 15) is 9.59 Å². The molecule has 5 heteroatoms. The second-order valence-electron chi connectivity index (χ2n) is 6.13. The molecule has 5 nitrogen and oxygen atoms in total. The zero-order chi connectivity index (χ0) is 15.7. The van der Waals surface area contributed by atoms with Crippen LogP contribution in [-0.2, 0) is 14.3 Å². The Balaban J connectivity index is 2.12. The maximum Gasteiger partial charge on any atom is 0.309 e. The zero-order valence-electron chi connectivity index (χ0n) is 13.6. The Morgan fingerprint density at radius 2 is 1.81 bits per heavy atom. The van der Waals surface area contributed by atoms with E-state index in [1.807, 2.05) is 13.8 Å². The molecule has 0 atom stereocenters. The van der Waals surface area contributed by atoms with Crippen molar-refractivity contribution in [2.24, 2.45) is 5.92 Å². The fraction of sp³-hybridized carbons (Fsp3) is 0.875. The number of hydrogen-bond donors (Lipinski definition) is 2. The Morgan fingerprint density at radius 3 is 2.38 bits per heavy atom. The molecular formula is C16H30N2O3. The maximum absolute atomic E-state index is 11.8. The number of carbonyl (C=O) groups is 2. The monoisotopic (exact) mass is 298 g/mol. The molecule has 0 spiro atoms. The molecule has 0 aromatic rings. The van der Waals surface area contributed by atoms with Gasteiger partial charge in [0.2, 0.25) is 0 Å². The van der Waals surface area contributed by atoms with Gasteiger partial charge in [0.1, 0.15) is 0 Å². The quantitative estimate of drug-likeness (QED) is 0.558. The van der Waals surface area contributed by atoms with Gasteiger partial charge in [-0.15, -0.1) is 0 Å².